The Bertz CT molecular complexity index is 519. The van der Waals surface area contributed by atoms with Gasteiger partial charge in [-0.15, -0.1) is 0 Å². The molecule has 3 rings (SSSR count). The Morgan fingerprint density at radius 3 is 1.67 bits per heavy atom. The van der Waals surface area contributed by atoms with Gasteiger partial charge in [0, 0.05) is 38.0 Å². The van der Waals surface area contributed by atoms with Crippen LogP contribution in [0.2, 0.25) is 0 Å². The fourth-order valence-corrected chi connectivity index (χ4v) is 6.07. The highest BCUT2D eigenvalue weighted by Gasteiger charge is 2.37. The van der Waals surface area contributed by atoms with E-state index in [1.54, 1.807) is 0 Å². The summed E-state index contributed by atoms with van der Waals surface area (Å²) in [5, 5.41) is 6.41. The van der Waals surface area contributed by atoms with Crippen molar-refractivity contribution in [3.05, 3.63) is 0 Å². The topological polar surface area (TPSA) is 64.7 Å². The minimum absolute atomic E-state index is 0.139. The molecule has 0 aromatic carbocycles. The van der Waals surface area contributed by atoms with E-state index in [-0.39, 0.29) is 17.2 Å². The van der Waals surface area contributed by atoms with Gasteiger partial charge in [-0.1, -0.05) is 33.1 Å². The SMILES string of the molecule is CCN1CCCC1CNC(=O)CC1(CC(=O)NCC2CCCN2CC)CCCCC1. The van der Waals surface area contributed by atoms with Crippen LogP contribution >= 0.6 is 0 Å². The third kappa shape index (κ3) is 6.43. The number of carbonyl (C=O) groups excluding carboxylic acids is 2. The van der Waals surface area contributed by atoms with Crippen molar-refractivity contribution in [3.8, 4) is 0 Å². The smallest absolute Gasteiger partial charge is 0.220 e. The first-order valence-corrected chi connectivity index (χ1v) is 12.6. The van der Waals surface area contributed by atoms with E-state index in [9.17, 15) is 9.59 Å². The summed E-state index contributed by atoms with van der Waals surface area (Å²) >= 11 is 0. The van der Waals surface area contributed by atoms with Gasteiger partial charge in [0.1, 0.15) is 0 Å². The summed E-state index contributed by atoms with van der Waals surface area (Å²) in [4.78, 5) is 30.6. The zero-order valence-electron chi connectivity index (χ0n) is 19.4. The van der Waals surface area contributed by atoms with Crippen LogP contribution in [0.1, 0.15) is 84.5 Å². The maximum Gasteiger partial charge on any atom is 0.220 e. The minimum Gasteiger partial charge on any atom is -0.355 e. The monoisotopic (exact) mass is 420 g/mol. The van der Waals surface area contributed by atoms with Crippen LogP contribution in [0.5, 0.6) is 0 Å². The van der Waals surface area contributed by atoms with E-state index in [1.165, 1.54) is 32.1 Å². The second-order valence-electron chi connectivity index (χ2n) is 9.87. The lowest BCUT2D eigenvalue weighted by Crippen LogP contribution is -2.44. The van der Waals surface area contributed by atoms with Gasteiger partial charge in [0.25, 0.3) is 0 Å². The van der Waals surface area contributed by atoms with Crippen LogP contribution in [-0.2, 0) is 9.59 Å². The zero-order chi connectivity index (χ0) is 21.4. The van der Waals surface area contributed by atoms with Crippen LogP contribution in [0.15, 0.2) is 0 Å². The lowest BCUT2D eigenvalue weighted by Gasteiger charge is -2.37. The molecule has 0 bridgehead atoms. The first kappa shape index (κ1) is 23.5. The highest BCUT2D eigenvalue weighted by atomic mass is 16.2. The third-order valence-corrected chi connectivity index (χ3v) is 7.87. The van der Waals surface area contributed by atoms with Gasteiger partial charge in [0.15, 0.2) is 0 Å². The van der Waals surface area contributed by atoms with Crippen molar-refractivity contribution in [3.63, 3.8) is 0 Å². The average molecular weight is 421 g/mol. The number of hydrogen-bond acceptors (Lipinski definition) is 4. The Kier molecular flexibility index (Phi) is 8.99. The molecule has 3 fully saturated rings. The van der Waals surface area contributed by atoms with Gasteiger partial charge in [0.2, 0.25) is 11.8 Å². The maximum absolute atomic E-state index is 12.8. The predicted octanol–water partition coefficient (Wildman–Crippen LogP) is 2.92. The number of likely N-dealkylation sites (tertiary alicyclic amines) is 2. The van der Waals surface area contributed by atoms with E-state index < -0.39 is 0 Å². The highest BCUT2D eigenvalue weighted by Crippen LogP contribution is 2.42. The number of nitrogens with one attached hydrogen (secondary N) is 2. The molecular weight excluding hydrogens is 376 g/mol. The molecule has 30 heavy (non-hydrogen) atoms. The molecule has 6 heteroatoms. The Hall–Kier alpha value is -1.14. The van der Waals surface area contributed by atoms with Crippen LogP contribution < -0.4 is 10.6 Å². The minimum atomic E-state index is -0.146. The second kappa shape index (κ2) is 11.5. The van der Waals surface area contributed by atoms with Crippen molar-refractivity contribution in [2.24, 2.45) is 5.41 Å². The Morgan fingerprint density at radius 2 is 1.23 bits per heavy atom. The van der Waals surface area contributed by atoms with Crippen molar-refractivity contribution >= 4 is 11.8 Å². The quantitative estimate of drug-likeness (QED) is 0.570. The fourth-order valence-electron chi connectivity index (χ4n) is 6.07. The first-order valence-electron chi connectivity index (χ1n) is 12.6. The molecule has 2 aliphatic heterocycles. The predicted molar refractivity (Wildman–Crippen MR) is 121 cm³/mol. The number of likely N-dealkylation sites (N-methyl/N-ethyl adjacent to an activating group) is 2. The summed E-state index contributed by atoms with van der Waals surface area (Å²) in [5.41, 5.74) is -0.146. The van der Waals surface area contributed by atoms with E-state index in [0.717, 1.165) is 65.0 Å². The Balaban J connectivity index is 1.48. The number of amides is 2. The zero-order valence-corrected chi connectivity index (χ0v) is 19.4. The lowest BCUT2D eigenvalue weighted by atomic mass is 9.69. The van der Waals surface area contributed by atoms with Gasteiger partial charge >= 0.3 is 0 Å². The number of rotatable bonds is 10. The molecule has 0 spiro atoms. The van der Waals surface area contributed by atoms with Crippen molar-refractivity contribution < 1.29 is 9.59 Å². The molecule has 3 aliphatic rings. The number of carbonyl (C=O) groups is 2. The highest BCUT2D eigenvalue weighted by molar-refractivity contribution is 5.80. The number of hydrogen-bond donors (Lipinski definition) is 2. The average Bonchev–Trinajstić information content (AvgIpc) is 3.39. The molecule has 2 unspecified atom stereocenters. The summed E-state index contributed by atoms with van der Waals surface area (Å²) < 4.78 is 0. The molecule has 1 saturated carbocycles. The molecule has 6 nitrogen and oxygen atoms in total. The molecule has 2 amide bonds. The fraction of sp³-hybridized carbons (Fsp3) is 0.917. The molecule has 2 saturated heterocycles. The second-order valence-corrected chi connectivity index (χ2v) is 9.87. The van der Waals surface area contributed by atoms with Crippen LogP contribution in [0.3, 0.4) is 0 Å². The Labute approximate surface area is 183 Å². The van der Waals surface area contributed by atoms with Crippen molar-refractivity contribution in [1.82, 2.24) is 20.4 Å². The molecule has 172 valence electrons. The van der Waals surface area contributed by atoms with Gasteiger partial charge < -0.3 is 10.6 Å². The molecule has 1 aliphatic carbocycles. The molecule has 0 radical (unpaired) electrons. The largest absolute Gasteiger partial charge is 0.355 e. The molecule has 2 heterocycles. The molecule has 0 aromatic rings. The summed E-state index contributed by atoms with van der Waals surface area (Å²) in [6.45, 7) is 10.3. The van der Waals surface area contributed by atoms with E-state index in [0.29, 0.717) is 24.9 Å². The maximum atomic E-state index is 12.8. The van der Waals surface area contributed by atoms with Gasteiger partial charge in [-0.2, -0.15) is 0 Å². The summed E-state index contributed by atoms with van der Waals surface area (Å²) in [5.74, 6) is 0.279. The van der Waals surface area contributed by atoms with Crippen molar-refractivity contribution in [2.75, 3.05) is 39.3 Å². The summed E-state index contributed by atoms with van der Waals surface area (Å²) in [6.07, 6.45) is 11.3. The van der Waals surface area contributed by atoms with Crippen LogP contribution in [0.4, 0.5) is 0 Å². The van der Waals surface area contributed by atoms with Gasteiger partial charge in [-0.05, 0) is 70.1 Å². The van der Waals surface area contributed by atoms with E-state index in [4.69, 9.17) is 0 Å². The number of nitrogens with zero attached hydrogens (tertiary/aromatic N) is 2. The lowest BCUT2D eigenvalue weighted by molar-refractivity contribution is -0.128. The van der Waals surface area contributed by atoms with Crippen LogP contribution in [0, 0.1) is 5.41 Å². The standard InChI is InChI=1S/C24H44N4O2/c1-3-27-14-8-10-20(27)18-25-22(29)16-24(12-6-5-7-13-24)17-23(30)26-19-21-11-9-15-28(21)4-2/h20-21H,3-19H2,1-2H3,(H,25,29)(H,26,30). The van der Waals surface area contributed by atoms with E-state index in [1.807, 2.05) is 0 Å². The van der Waals surface area contributed by atoms with E-state index in [2.05, 4.69) is 34.3 Å². The third-order valence-electron chi connectivity index (χ3n) is 7.87. The van der Waals surface area contributed by atoms with E-state index >= 15 is 0 Å². The first-order chi connectivity index (χ1) is 14.5. The summed E-state index contributed by atoms with van der Waals surface area (Å²) in [7, 11) is 0. The van der Waals surface area contributed by atoms with Gasteiger partial charge in [0.05, 0.1) is 0 Å². The molecule has 2 atom stereocenters. The van der Waals surface area contributed by atoms with Crippen LogP contribution in [-0.4, -0.2) is 73.0 Å². The van der Waals surface area contributed by atoms with Crippen LogP contribution in [0.25, 0.3) is 0 Å². The van der Waals surface area contributed by atoms with Crippen molar-refractivity contribution in [2.45, 2.75) is 96.6 Å². The normalized spacial score (nSPS) is 27.3. The molecular formula is C24H44N4O2. The van der Waals surface area contributed by atoms with Gasteiger partial charge in [-0.3, -0.25) is 19.4 Å². The van der Waals surface area contributed by atoms with Gasteiger partial charge in [-0.25, -0.2) is 0 Å². The molecule has 2 N–H and O–H groups in total. The van der Waals surface area contributed by atoms with Crippen molar-refractivity contribution in [1.29, 1.82) is 0 Å². The summed E-state index contributed by atoms with van der Waals surface area (Å²) in [6, 6.07) is 0.968. The molecule has 0 aromatic heterocycles. The Morgan fingerprint density at radius 1 is 0.767 bits per heavy atom.